The smallest absolute Gasteiger partial charge is 0.306 e. The number of nitrogens with one attached hydrogen (secondary N) is 1. The Bertz CT molecular complexity index is 1580. The van der Waals surface area contributed by atoms with Crippen LogP contribution in [0.5, 0.6) is 0 Å². The van der Waals surface area contributed by atoms with E-state index in [1.165, 1.54) is 193 Å². The molecule has 3 unspecified atom stereocenters. The van der Waals surface area contributed by atoms with Gasteiger partial charge in [0, 0.05) is 12.8 Å². The number of hydrogen-bond donors (Lipinski definition) is 1. The monoisotopic (exact) mass is 1130 g/mol. The van der Waals surface area contributed by atoms with E-state index < -0.39 is 26.6 Å². The standard InChI is InChI=1S/C69H127N2O7P/c1-7-10-13-16-19-22-25-28-30-32-33-34-35-36-37-38-39-40-42-44-47-50-53-56-59-62-69(73)78-67(60-57-54-51-48-45-27-24-21-18-15-12-9-3)66(65-77-79(74,75)76-64-63-71(4,5)6)70-68(72)61-58-55-52-49-46-43-41-31-29-26-23-20-17-14-11-8-2/h11,14,20,23,29,31,43,46,52,55,57,60,66-67H,7-10,12-13,15-19,21-22,24-28,30,32-42,44-45,47-51,53-54,56,58-59,61-65H2,1-6H3,(H-,70,72,74,75)/b14-11+,23-20+,31-29+,46-43+,55-52+,60-57-. The molecule has 0 fully saturated rings. The molecule has 0 aliphatic rings. The summed E-state index contributed by atoms with van der Waals surface area (Å²) in [7, 11) is 1.14. The Hall–Kier alpha value is -2.55. The first-order valence-corrected chi connectivity index (χ1v) is 34.7. The van der Waals surface area contributed by atoms with Crippen molar-refractivity contribution in [2.75, 3.05) is 40.9 Å². The number of amides is 1. The number of allylic oxidation sites excluding steroid dienone is 11. The molecule has 79 heavy (non-hydrogen) atoms. The van der Waals surface area contributed by atoms with Gasteiger partial charge in [0.15, 0.2) is 0 Å². The highest BCUT2D eigenvalue weighted by Crippen LogP contribution is 2.38. The molecule has 1 amide bonds. The first kappa shape index (κ1) is 76.5. The molecule has 0 heterocycles. The van der Waals surface area contributed by atoms with E-state index in [-0.39, 0.29) is 31.3 Å². The first-order chi connectivity index (χ1) is 38.4. The molecule has 10 heteroatoms. The zero-order chi connectivity index (χ0) is 57.9. The number of quaternary nitrogens is 1. The van der Waals surface area contributed by atoms with E-state index in [1.54, 1.807) is 0 Å². The number of phosphoric ester groups is 1. The molecule has 0 aromatic rings. The van der Waals surface area contributed by atoms with Crippen molar-refractivity contribution in [1.29, 1.82) is 0 Å². The van der Waals surface area contributed by atoms with Gasteiger partial charge in [0.1, 0.15) is 19.3 Å². The third-order valence-electron chi connectivity index (χ3n) is 14.7. The molecule has 0 aliphatic heterocycles. The van der Waals surface area contributed by atoms with Crippen molar-refractivity contribution in [3.05, 3.63) is 72.9 Å². The maximum Gasteiger partial charge on any atom is 0.306 e. The number of esters is 1. The van der Waals surface area contributed by atoms with Crippen molar-refractivity contribution >= 4 is 19.7 Å². The zero-order valence-electron chi connectivity index (χ0n) is 52.6. The van der Waals surface area contributed by atoms with Crippen molar-refractivity contribution in [3.63, 3.8) is 0 Å². The summed E-state index contributed by atoms with van der Waals surface area (Å²) in [5.74, 6) is -0.629. The summed E-state index contributed by atoms with van der Waals surface area (Å²) >= 11 is 0. The van der Waals surface area contributed by atoms with E-state index in [4.69, 9.17) is 13.8 Å². The highest BCUT2D eigenvalue weighted by Gasteiger charge is 2.27. The highest BCUT2D eigenvalue weighted by atomic mass is 31.2. The molecule has 9 nitrogen and oxygen atoms in total. The molecule has 0 spiro atoms. The number of likely N-dealkylation sites (N-methyl/N-ethyl adjacent to an activating group) is 1. The van der Waals surface area contributed by atoms with Crippen LogP contribution in [-0.2, 0) is 27.9 Å². The molecule has 0 aromatic heterocycles. The predicted octanol–water partition coefficient (Wildman–Crippen LogP) is 20.2. The topological polar surface area (TPSA) is 114 Å². The third-order valence-corrected chi connectivity index (χ3v) is 15.6. The molecule has 0 bridgehead atoms. The van der Waals surface area contributed by atoms with Crippen LogP contribution in [-0.4, -0.2) is 69.4 Å². The predicted molar refractivity (Wildman–Crippen MR) is 339 cm³/mol. The molecular formula is C69H127N2O7P. The second-order valence-electron chi connectivity index (χ2n) is 23.6. The van der Waals surface area contributed by atoms with Crippen LogP contribution < -0.4 is 10.2 Å². The Balaban J connectivity index is 5.14. The van der Waals surface area contributed by atoms with Gasteiger partial charge >= 0.3 is 5.97 Å². The average Bonchev–Trinajstić information content (AvgIpc) is 3.41. The van der Waals surface area contributed by atoms with Crippen LogP contribution in [0.4, 0.5) is 0 Å². The minimum atomic E-state index is -4.72. The lowest BCUT2D eigenvalue weighted by atomic mass is 10.0. The van der Waals surface area contributed by atoms with Gasteiger partial charge in [-0.05, 0) is 63.9 Å². The van der Waals surface area contributed by atoms with Gasteiger partial charge in [-0.15, -0.1) is 0 Å². The zero-order valence-corrected chi connectivity index (χ0v) is 53.5. The minimum Gasteiger partial charge on any atom is -0.756 e. The summed E-state index contributed by atoms with van der Waals surface area (Å²) in [5.41, 5.74) is 0. The van der Waals surface area contributed by atoms with E-state index in [1.807, 2.05) is 45.4 Å². The van der Waals surface area contributed by atoms with Crippen molar-refractivity contribution in [2.45, 2.75) is 315 Å². The van der Waals surface area contributed by atoms with Gasteiger partial charge in [-0.3, -0.25) is 14.2 Å². The van der Waals surface area contributed by atoms with Gasteiger partial charge in [0.05, 0.1) is 33.8 Å². The van der Waals surface area contributed by atoms with Gasteiger partial charge in [-0.25, -0.2) is 0 Å². The fourth-order valence-electron chi connectivity index (χ4n) is 9.57. The summed E-state index contributed by atoms with van der Waals surface area (Å²) in [5, 5.41) is 2.98. The average molecular weight is 1130 g/mol. The summed E-state index contributed by atoms with van der Waals surface area (Å²) in [6, 6.07) is -0.929. The van der Waals surface area contributed by atoms with Crippen LogP contribution in [0.1, 0.15) is 303 Å². The Labute approximate surface area is 489 Å². The minimum absolute atomic E-state index is 0.0364. The number of hydrogen-bond acceptors (Lipinski definition) is 7. The normalized spacial score (nSPS) is 14.1. The van der Waals surface area contributed by atoms with Crippen LogP contribution in [0.15, 0.2) is 72.9 Å². The second-order valence-corrected chi connectivity index (χ2v) is 25.0. The lowest BCUT2D eigenvalue weighted by Gasteiger charge is -2.30. The van der Waals surface area contributed by atoms with E-state index in [2.05, 4.69) is 74.7 Å². The van der Waals surface area contributed by atoms with Gasteiger partial charge in [0.25, 0.3) is 7.82 Å². The maximum atomic E-state index is 13.5. The Morgan fingerprint density at radius 3 is 1.22 bits per heavy atom. The SMILES string of the molecule is CC/C=C/C/C=C/C/C=C/C/C=C/C/C=C/CCC(=O)NC(COP(=O)([O-])OCC[N+](C)(C)C)C(/C=C\CCCCCCCCCCCC)OC(=O)CCCCCCCCCCCCCCCCCCCCCCCCCCC. The van der Waals surface area contributed by atoms with Crippen LogP contribution >= 0.6 is 7.82 Å². The van der Waals surface area contributed by atoms with Crippen molar-refractivity contribution in [3.8, 4) is 0 Å². The summed E-state index contributed by atoms with van der Waals surface area (Å²) < 4.78 is 30.3. The molecule has 0 aromatic carbocycles. The van der Waals surface area contributed by atoms with E-state index in [0.29, 0.717) is 17.4 Å². The molecule has 460 valence electrons. The fraction of sp³-hybridized carbons (Fsp3) is 0.797. The van der Waals surface area contributed by atoms with Gasteiger partial charge < -0.3 is 28.5 Å². The summed E-state index contributed by atoms with van der Waals surface area (Å²) in [6.45, 7) is 6.70. The Morgan fingerprint density at radius 1 is 0.456 bits per heavy atom. The number of carbonyl (C=O) groups is 2. The summed E-state index contributed by atoms with van der Waals surface area (Å²) in [6.07, 6.45) is 76.3. The van der Waals surface area contributed by atoms with Crippen molar-refractivity contribution in [2.24, 2.45) is 0 Å². The van der Waals surface area contributed by atoms with Gasteiger partial charge in [-0.1, -0.05) is 299 Å². The molecule has 1 N–H and O–H groups in total. The van der Waals surface area contributed by atoms with Crippen LogP contribution in [0.3, 0.4) is 0 Å². The molecular weight excluding hydrogens is 1000 g/mol. The molecule has 0 aliphatic carbocycles. The number of phosphoric acid groups is 1. The van der Waals surface area contributed by atoms with Gasteiger partial charge in [0.2, 0.25) is 5.91 Å². The number of nitrogens with zero attached hydrogens (tertiary/aromatic N) is 1. The van der Waals surface area contributed by atoms with E-state index in [9.17, 15) is 19.0 Å². The summed E-state index contributed by atoms with van der Waals surface area (Å²) in [4.78, 5) is 40.0. The van der Waals surface area contributed by atoms with Crippen molar-refractivity contribution < 1.29 is 37.3 Å². The second kappa shape index (κ2) is 58.6. The molecule has 0 saturated carbocycles. The number of ether oxygens (including phenoxy) is 1. The lowest BCUT2D eigenvalue weighted by Crippen LogP contribution is -2.47. The Morgan fingerprint density at radius 2 is 0.823 bits per heavy atom. The molecule has 0 saturated heterocycles. The Kier molecular flexibility index (Phi) is 56.7. The third kappa shape index (κ3) is 59.9. The fourth-order valence-corrected chi connectivity index (χ4v) is 10.3. The highest BCUT2D eigenvalue weighted by molar-refractivity contribution is 7.45. The number of unbranched alkanes of at least 4 members (excludes halogenated alkanes) is 34. The molecule has 0 radical (unpaired) electrons. The number of carbonyl (C=O) groups excluding carboxylic acids is 2. The van der Waals surface area contributed by atoms with Crippen molar-refractivity contribution in [1.82, 2.24) is 5.32 Å². The van der Waals surface area contributed by atoms with Crippen LogP contribution in [0, 0.1) is 0 Å². The van der Waals surface area contributed by atoms with E-state index >= 15 is 0 Å². The maximum absolute atomic E-state index is 13.5. The first-order valence-electron chi connectivity index (χ1n) is 33.2. The van der Waals surface area contributed by atoms with Crippen LogP contribution in [0.2, 0.25) is 0 Å². The number of rotatable bonds is 60. The quantitative estimate of drug-likeness (QED) is 0.0212. The van der Waals surface area contributed by atoms with Gasteiger partial charge in [-0.2, -0.15) is 0 Å². The van der Waals surface area contributed by atoms with E-state index in [0.717, 1.165) is 70.6 Å². The molecule has 0 rings (SSSR count). The largest absolute Gasteiger partial charge is 0.756 e. The molecule has 3 atom stereocenters. The van der Waals surface area contributed by atoms with Crippen LogP contribution in [0.25, 0.3) is 0 Å². The lowest BCUT2D eigenvalue weighted by molar-refractivity contribution is -0.870.